The van der Waals surface area contributed by atoms with Crippen molar-refractivity contribution in [2.45, 2.75) is 13.0 Å². The van der Waals surface area contributed by atoms with E-state index in [2.05, 4.69) is 83.5 Å². The minimum absolute atomic E-state index is 0.0806. The van der Waals surface area contributed by atoms with Crippen LogP contribution >= 0.6 is 15.9 Å². The van der Waals surface area contributed by atoms with Crippen LogP contribution in [0.5, 0.6) is 0 Å². The summed E-state index contributed by atoms with van der Waals surface area (Å²) in [4.78, 5) is 0. The van der Waals surface area contributed by atoms with Gasteiger partial charge in [-0.2, -0.15) is 0 Å². The lowest BCUT2D eigenvalue weighted by molar-refractivity contribution is 0.872. The molecule has 2 N–H and O–H groups in total. The number of aryl methyl sites for hydroxylation is 1. The molecule has 0 heterocycles. The quantitative estimate of drug-likeness (QED) is 0.708. The third-order valence-electron chi connectivity index (χ3n) is 3.59. The second-order valence-electron chi connectivity index (χ2n) is 5.14. The Kier molecular flexibility index (Phi) is 3.60. The van der Waals surface area contributed by atoms with Crippen molar-refractivity contribution in [1.29, 1.82) is 0 Å². The smallest absolute Gasteiger partial charge is 0.0551 e. The maximum absolute atomic E-state index is 6.40. The summed E-state index contributed by atoms with van der Waals surface area (Å²) < 4.78 is 1.10. The van der Waals surface area contributed by atoms with Crippen LogP contribution in [0, 0.1) is 6.92 Å². The molecule has 0 saturated heterocycles. The van der Waals surface area contributed by atoms with Crippen molar-refractivity contribution in [2.24, 2.45) is 5.73 Å². The largest absolute Gasteiger partial charge is 0.320 e. The predicted octanol–water partition coefficient (Wildman–Crippen LogP) is 4.96. The molecule has 0 saturated carbocycles. The van der Waals surface area contributed by atoms with Gasteiger partial charge in [0, 0.05) is 4.47 Å². The number of hydrogen-bond acceptors (Lipinski definition) is 1. The Morgan fingerprint density at radius 3 is 2.35 bits per heavy atom. The first-order valence-corrected chi connectivity index (χ1v) is 7.44. The summed E-state index contributed by atoms with van der Waals surface area (Å²) in [5.74, 6) is 0. The molecule has 3 aromatic carbocycles. The second kappa shape index (κ2) is 5.39. The van der Waals surface area contributed by atoms with E-state index in [1.165, 1.54) is 16.3 Å². The van der Waals surface area contributed by atoms with E-state index in [-0.39, 0.29) is 6.04 Å². The summed E-state index contributed by atoms with van der Waals surface area (Å²) in [6, 6.07) is 21.0. The number of hydrogen-bond donors (Lipinski definition) is 1. The predicted molar refractivity (Wildman–Crippen MR) is 88.9 cm³/mol. The van der Waals surface area contributed by atoms with Gasteiger partial charge in [-0.15, -0.1) is 0 Å². The molecule has 0 aliphatic heterocycles. The zero-order chi connectivity index (χ0) is 14.1. The van der Waals surface area contributed by atoms with Crippen molar-refractivity contribution in [2.75, 3.05) is 0 Å². The van der Waals surface area contributed by atoms with Crippen molar-refractivity contribution in [3.05, 3.63) is 81.8 Å². The Morgan fingerprint density at radius 1 is 0.850 bits per heavy atom. The normalized spacial score (nSPS) is 12.6. The SMILES string of the molecule is Cc1cccc(C(N)c2ccc3cc(Br)ccc3c2)c1. The van der Waals surface area contributed by atoms with Gasteiger partial charge >= 0.3 is 0 Å². The van der Waals surface area contributed by atoms with Crippen LogP contribution in [-0.4, -0.2) is 0 Å². The van der Waals surface area contributed by atoms with Crippen LogP contribution in [0.3, 0.4) is 0 Å². The van der Waals surface area contributed by atoms with Crippen LogP contribution in [0.15, 0.2) is 65.1 Å². The Hall–Kier alpha value is -1.64. The molecule has 0 spiro atoms. The summed E-state index contributed by atoms with van der Waals surface area (Å²) in [5, 5.41) is 2.44. The summed E-state index contributed by atoms with van der Waals surface area (Å²) in [6.45, 7) is 2.09. The van der Waals surface area contributed by atoms with Gasteiger partial charge in [-0.3, -0.25) is 0 Å². The van der Waals surface area contributed by atoms with E-state index < -0.39 is 0 Å². The number of halogens is 1. The number of fused-ring (bicyclic) bond motifs is 1. The van der Waals surface area contributed by atoms with Gasteiger partial charge in [0.05, 0.1) is 6.04 Å². The fraction of sp³-hybridized carbons (Fsp3) is 0.111. The van der Waals surface area contributed by atoms with E-state index in [4.69, 9.17) is 5.73 Å². The van der Waals surface area contributed by atoms with Gasteiger partial charge in [-0.05, 0) is 47.0 Å². The number of benzene rings is 3. The van der Waals surface area contributed by atoms with Crippen LogP contribution < -0.4 is 5.73 Å². The molecule has 1 unspecified atom stereocenters. The third kappa shape index (κ3) is 2.62. The van der Waals surface area contributed by atoms with Crippen molar-refractivity contribution in [3.63, 3.8) is 0 Å². The van der Waals surface area contributed by atoms with E-state index in [1.54, 1.807) is 0 Å². The van der Waals surface area contributed by atoms with E-state index in [0.29, 0.717) is 0 Å². The van der Waals surface area contributed by atoms with Gasteiger partial charge < -0.3 is 5.73 Å². The first-order chi connectivity index (χ1) is 9.63. The monoisotopic (exact) mass is 325 g/mol. The molecule has 20 heavy (non-hydrogen) atoms. The molecule has 0 bridgehead atoms. The zero-order valence-electron chi connectivity index (χ0n) is 11.3. The molecule has 0 radical (unpaired) electrons. The molecule has 2 heteroatoms. The highest BCUT2D eigenvalue weighted by Gasteiger charge is 2.09. The van der Waals surface area contributed by atoms with E-state index in [1.807, 2.05) is 0 Å². The van der Waals surface area contributed by atoms with Crippen LogP contribution in [0.4, 0.5) is 0 Å². The number of rotatable bonds is 2. The number of nitrogens with two attached hydrogens (primary N) is 1. The highest BCUT2D eigenvalue weighted by Crippen LogP contribution is 2.26. The van der Waals surface area contributed by atoms with Gasteiger partial charge in [-0.25, -0.2) is 0 Å². The topological polar surface area (TPSA) is 26.0 Å². The molecule has 0 aliphatic carbocycles. The third-order valence-corrected chi connectivity index (χ3v) is 4.08. The van der Waals surface area contributed by atoms with Gasteiger partial charge in [-0.1, -0.05) is 64.0 Å². The maximum Gasteiger partial charge on any atom is 0.0551 e. The van der Waals surface area contributed by atoms with Crippen LogP contribution in [0.2, 0.25) is 0 Å². The lowest BCUT2D eigenvalue weighted by Crippen LogP contribution is -2.11. The van der Waals surface area contributed by atoms with Crippen LogP contribution in [-0.2, 0) is 0 Å². The summed E-state index contributed by atoms with van der Waals surface area (Å²) >= 11 is 3.50. The second-order valence-corrected chi connectivity index (χ2v) is 6.06. The Balaban J connectivity index is 2.03. The Morgan fingerprint density at radius 2 is 1.55 bits per heavy atom. The average molecular weight is 326 g/mol. The standard InChI is InChI=1S/C18H16BrN/c1-12-3-2-4-15(9-12)18(20)16-6-5-14-11-17(19)8-7-13(14)10-16/h2-11,18H,20H2,1H3. The van der Waals surface area contributed by atoms with Gasteiger partial charge in [0.15, 0.2) is 0 Å². The van der Waals surface area contributed by atoms with Crippen molar-refractivity contribution in [1.82, 2.24) is 0 Å². The lowest BCUT2D eigenvalue weighted by atomic mass is 9.96. The first-order valence-electron chi connectivity index (χ1n) is 6.65. The summed E-state index contributed by atoms with van der Waals surface area (Å²) in [7, 11) is 0. The lowest BCUT2D eigenvalue weighted by Gasteiger charge is -2.14. The molecule has 3 aromatic rings. The highest BCUT2D eigenvalue weighted by molar-refractivity contribution is 9.10. The average Bonchev–Trinajstić information content (AvgIpc) is 2.46. The Bertz CT molecular complexity index is 764. The zero-order valence-corrected chi connectivity index (χ0v) is 12.9. The van der Waals surface area contributed by atoms with E-state index >= 15 is 0 Å². The fourth-order valence-corrected chi connectivity index (χ4v) is 2.86. The molecule has 0 aromatic heterocycles. The van der Waals surface area contributed by atoms with E-state index in [0.717, 1.165) is 15.6 Å². The molecule has 1 nitrogen and oxygen atoms in total. The van der Waals surface area contributed by atoms with Gasteiger partial charge in [0.2, 0.25) is 0 Å². The molecule has 0 amide bonds. The molecular weight excluding hydrogens is 310 g/mol. The molecule has 100 valence electrons. The highest BCUT2D eigenvalue weighted by atomic mass is 79.9. The minimum atomic E-state index is -0.0806. The Labute approximate surface area is 127 Å². The summed E-state index contributed by atoms with van der Waals surface area (Å²) in [5.41, 5.74) is 9.93. The first kappa shape index (κ1) is 13.3. The molecule has 0 fully saturated rings. The minimum Gasteiger partial charge on any atom is -0.320 e. The van der Waals surface area contributed by atoms with Gasteiger partial charge in [0.25, 0.3) is 0 Å². The molecule has 0 aliphatic rings. The molecule has 3 rings (SSSR count). The maximum atomic E-state index is 6.40. The van der Waals surface area contributed by atoms with E-state index in [9.17, 15) is 0 Å². The van der Waals surface area contributed by atoms with Crippen LogP contribution in [0.1, 0.15) is 22.7 Å². The molecular formula is C18H16BrN. The van der Waals surface area contributed by atoms with Crippen molar-refractivity contribution in [3.8, 4) is 0 Å². The van der Waals surface area contributed by atoms with Gasteiger partial charge in [0.1, 0.15) is 0 Å². The van der Waals surface area contributed by atoms with Crippen molar-refractivity contribution >= 4 is 26.7 Å². The fourth-order valence-electron chi connectivity index (χ4n) is 2.48. The van der Waals surface area contributed by atoms with Crippen molar-refractivity contribution < 1.29 is 0 Å². The summed E-state index contributed by atoms with van der Waals surface area (Å²) in [6.07, 6.45) is 0. The molecule has 1 atom stereocenters. The van der Waals surface area contributed by atoms with Crippen LogP contribution in [0.25, 0.3) is 10.8 Å².